The Morgan fingerprint density at radius 2 is 0.925 bits per heavy atom. The minimum Gasteiger partial charge on any atom is -0.300 e. The fourth-order valence-corrected chi connectivity index (χ4v) is 6.59. The quantitative estimate of drug-likeness (QED) is 0.161. The van der Waals surface area contributed by atoms with Crippen LogP contribution in [0, 0.1) is 0 Å². The van der Waals surface area contributed by atoms with Crippen molar-refractivity contribution in [3.8, 4) is 0 Å². The smallest absolute Gasteiger partial charge is 0.134 e. The molecule has 0 bridgehead atoms. The summed E-state index contributed by atoms with van der Waals surface area (Å²) in [6.07, 6.45) is 0.876. The lowest BCUT2D eigenvalue weighted by Gasteiger charge is -2.23. The zero-order valence-electron chi connectivity index (χ0n) is 21.9. The molecule has 6 aromatic rings. The largest absolute Gasteiger partial charge is 0.300 e. The number of Topliss-reactive ketones (excluding diaryl/α,β-unsaturated/α-hetero) is 1. The maximum Gasteiger partial charge on any atom is 0.134 e. The van der Waals surface area contributed by atoms with Gasteiger partial charge in [-0.05, 0) is 68.1 Å². The molecule has 0 aliphatic carbocycles. The first-order chi connectivity index (χ1) is 19.6. The lowest BCUT2D eigenvalue weighted by atomic mass is 9.80. The number of halogens is 2. The Labute approximate surface area is 252 Å². The molecule has 0 amide bonds. The van der Waals surface area contributed by atoms with Gasteiger partial charge in [0.05, 0.1) is 0 Å². The SMILES string of the molecule is O=C(C[C@@H](c1ccccc1)c1cccc2ccc(Br)cc12)C[C@@H](c1ccccc1)c1cccc2ccc(Br)cc12. The van der Waals surface area contributed by atoms with Gasteiger partial charge < -0.3 is 0 Å². The number of hydrogen-bond acceptors (Lipinski definition) is 1. The monoisotopic (exact) mass is 646 g/mol. The Balaban J connectivity index is 1.41. The number of benzene rings is 6. The summed E-state index contributed by atoms with van der Waals surface area (Å²) in [6, 6.07) is 46.5. The first-order valence-electron chi connectivity index (χ1n) is 13.5. The normalized spacial score (nSPS) is 12.8. The van der Waals surface area contributed by atoms with Gasteiger partial charge in [0.25, 0.3) is 0 Å². The lowest BCUT2D eigenvalue weighted by Crippen LogP contribution is -2.14. The Kier molecular flexibility index (Phi) is 7.95. The van der Waals surface area contributed by atoms with Gasteiger partial charge in [0.15, 0.2) is 0 Å². The Morgan fingerprint density at radius 3 is 1.35 bits per heavy atom. The van der Waals surface area contributed by atoms with E-state index in [1.54, 1.807) is 0 Å². The maximum absolute atomic E-state index is 14.1. The zero-order valence-corrected chi connectivity index (χ0v) is 25.1. The Bertz CT molecular complexity index is 1660. The van der Waals surface area contributed by atoms with Gasteiger partial charge in [-0.3, -0.25) is 4.79 Å². The molecule has 6 rings (SSSR count). The van der Waals surface area contributed by atoms with Crippen molar-refractivity contribution in [3.63, 3.8) is 0 Å². The number of rotatable bonds is 8. The third kappa shape index (κ3) is 5.68. The highest BCUT2D eigenvalue weighted by Gasteiger charge is 2.25. The average molecular weight is 648 g/mol. The van der Waals surface area contributed by atoms with Gasteiger partial charge in [-0.2, -0.15) is 0 Å². The number of carbonyl (C=O) groups excluding carboxylic acids is 1. The van der Waals surface area contributed by atoms with Crippen LogP contribution in [-0.2, 0) is 4.79 Å². The predicted molar refractivity (Wildman–Crippen MR) is 174 cm³/mol. The van der Waals surface area contributed by atoms with Crippen molar-refractivity contribution >= 4 is 59.2 Å². The highest BCUT2D eigenvalue weighted by atomic mass is 79.9. The summed E-state index contributed by atoms with van der Waals surface area (Å²) < 4.78 is 2.08. The molecule has 0 N–H and O–H groups in total. The van der Waals surface area contributed by atoms with Crippen LogP contribution in [0.2, 0.25) is 0 Å². The van der Waals surface area contributed by atoms with E-state index in [-0.39, 0.29) is 17.6 Å². The van der Waals surface area contributed by atoms with E-state index in [9.17, 15) is 4.79 Å². The molecular formula is C37H28Br2O. The van der Waals surface area contributed by atoms with Crippen LogP contribution in [0.15, 0.2) is 142 Å². The van der Waals surface area contributed by atoms with Gasteiger partial charge in [0, 0.05) is 33.6 Å². The van der Waals surface area contributed by atoms with Crippen molar-refractivity contribution in [2.24, 2.45) is 0 Å². The molecule has 0 unspecified atom stereocenters. The number of hydrogen-bond donors (Lipinski definition) is 0. The van der Waals surface area contributed by atoms with Crippen LogP contribution in [0.5, 0.6) is 0 Å². The van der Waals surface area contributed by atoms with Crippen molar-refractivity contribution in [3.05, 3.63) is 165 Å². The minimum absolute atomic E-state index is 0.0372. The molecule has 0 radical (unpaired) electrons. The standard InChI is InChI=1S/C37H28Br2O/c38-29-19-17-27-13-7-15-32(34(27)21-29)36(25-9-3-1-4-10-25)23-31(40)24-37(26-11-5-2-6-12-26)33-16-8-14-28-18-20-30(39)22-35(28)33/h1-22,36-37H,23-24H2/t36-,37-/m0/s1. The van der Waals surface area contributed by atoms with Crippen LogP contribution in [0.25, 0.3) is 21.5 Å². The summed E-state index contributed by atoms with van der Waals surface area (Å²) in [5.41, 5.74) is 4.69. The minimum atomic E-state index is -0.0372. The average Bonchev–Trinajstić information content (AvgIpc) is 2.99. The van der Waals surface area contributed by atoms with Crippen LogP contribution < -0.4 is 0 Å². The number of ketones is 1. The molecule has 2 atom stereocenters. The van der Waals surface area contributed by atoms with Crippen LogP contribution >= 0.6 is 31.9 Å². The molecule has 0 aliphatic rings. The first kappa shape index (κ1) is 26.7. The summed E-state index contributed by atoms with van der Waals surface area (Å²) in [6.45, 7) is 0. The van der Waals surface area contributed by atoms with E-state index in [4.69, 9.17) is 0 Å². The van der Waals surface area contributed by atoms with E-state index >= 15 is 0 Å². The molecule has 6 aromatic carbocycles. The molecule has 0 fully saturated rings. The van der Waals surface area contributed by atoms with E-state index in [1.165, 1.54) is 32.7 Å². The van der Waals surface area contributed by atoms with Crippen LogP contribution in [0.1, 0.15) is 46.9 Å². The summed E-state index contributed by atoms with van der Waals surface area (Å²) >= 11 is 7.32. The van der Waals surface area contributed by atoms with Crippen LogP contribution in [0.4, 0.5) is 0 Å². The second-order valence-electron chi connectivity index (χ2n) is 10.3. The lowest BCUT2D eigenvalue weighted by molar-refractivity contribution is -0.119. The first-order valence-corrected chi connectivity index (χ1v) is 15.1. The summed E-state index contributed by atoms with van der Waals surface area (Å²) in [7, 11) is 0. The second-order valence-corrected chi connectivity index (χ2v) is 12.1. The third-order valence-corrected chi connectivity index (χ3v) is 8.76. The molecular weight excluding hydrogens is 620 g/mol. The molecule has 40 heavy (non-hydrogen) atoms. The fourth-order valence-electron chi connectivity index (χ4n) is 5.87. The predicted octanol–water partition coefficient (Wildman–Crippen LogP) is 10.8. The molecule has 0 saturated heterocycles. The van der Waals surface area contributed by atoms with Gasteiger partial charge >= 0.3 is 0 Å². The molecule has 1 nitrogen and oxygen atoms in total. The van der Waals surface area contributed by atoms with Gasteiger partial charge in [0.1, 0.15) is 5.78 Å². The van der Waals surface area contributed by atoms with Gasteiger partial charge in [0.2, 0.25) is 0 Å². The third-order valence-electron chi connectivity index (χ3n) is 7.77. The Morgan fingerprint density at radius 1 is 0.500 bits per heavy atom. The van der Waals surface area contributed by atoms with Crippen molar-refractivity contribution < 1.29 is 4.79 Å². The number of carbonyl (C=O) groups is 1. The maximum atomic E-state index is 14.1. The van der Waals surface area contributed by atoms with E-state index in [1.807, 2.05) is 12.1 Å². The molecule has 0 heterocycles. The van der Waals surface area contributed by atoms with E-state index in [0.717, 1.165) is 20.1 Å². The fraction of sp³-hybridized carbons (Fsp3) is 0.108. The van der Waals surface area contributed by atoms with Crippen LogP contribution in [-0.4, -0.2) is 5.78 Å². The summed E-state index contributed by atoms with van der Waals surface area (Å²) in [4.78, 5) is 14.1. The zero-order chi connectivity index (χ0) is 27.5. The van der Waals surface area contributed by atoms with E-state index in [0.29, 0.717) is 12.8 Å². The number of fused-ring (bicyclic) bond motifs is 2. The highest BCUT2D eigenvalue weighted by molar-refractivity contribution is 9.10. The van der Waals surface area contributed by atoms with Gasteiger partial charge in [-0.15, -0.1) is 0 Å². The topological polar surface area (TPSA) is 17.1 Å². The summed E-state index contributed by atoms with van der Waals surface area (Å²) in [5, 5.41) is 4.71. The van der Waals surface area contributed by atoms with Gasteiger partial charge in [-0.25, -0.2) is 0 Å². The van der Waals surface area contributed by atoms with Gasteiger partial charge in [-0.1, -0.05) is 141 Å². The van der Waals surface area contributed by atoms with Crippen molar-refractivity contribution in [1.82, 2.24) is 0 Å². The molecule has 196 valence electrons. The second kappa shape index (κ2) is 11.9. The molecule has 0 aromatic heterocycles. The van der Waals surface area contributed by atoms with Crippen molar-refractivity contribution in [1.29, 1.82) is 0 Å². The van der Waals surface area contributed by atoms with Crippen molar-refractivity contribution in [2.75, 3.05) is 0 Å². The molecule has 0 aliphatic heterocycles. The van der Waals surface area contributed by atoms with E-state index in [2.05, 4.69) is 153 Å². The molecule has 0 saturated carbocycles. The van der Waals surface area contributed by atoms with Crippen molar-refractivity contribution in [2.45, 2.75) is 24.7 Å². The highest BCUT2D eigenvalue weighted by Crippen LogP contribution is 2.38. The Hall–Kier alpha value is -3.53. The van der Waals surface area contributed by atoms with Crippen LogP contribution in [0.3, 0.4) is 0 Å². The van der Waals surface area contributed by atoms with E-state index < -0.39 is 0 Å². The molecule has 3 heteroatoms. The summed E-state index contributed by atoms with van der Waals surface area (Å²) in [5.74, 6) is 0.177. The molecule has 0 spiro atoms.